The fourth-order valence-corrected chi connectivity index (χ4v) is 3.07. The Balaban J connectivity index is 2.58. The van der Waals surface area contributed by atoms with Gasteiger partial charge < -0.3 is 10.4 Å². The van der Waals surface area contributed by atoms with Gasteiger partial charge in [0, 0.05) is 5.56 Å². The van der Waals surface area contributed by atoms with Gasteiger partial charge in [0.2, 0.25) is 0 Å². The van der Waals surface area contributed by atoms with E-state index in [1.165, 1.54) is 0 Å². The molecule has 1 aromatic carbocycles. The molecule has 0 atom stereocenters. The minimum absolute atomic E-state index is 0.148. The van der Waals surface area contributed by atoms with Crippen molar-refractivity contribution in [3.05, 3.63) is 33.7 Å². The Kier molecular flexibility index (Phi) is 4.38. The number of rotatable bonds is 2. The van der Waals surface area contributed by atoms with Gasteiger partial charge in [-0.1, -0.05) is 34.6 Å². The smallest absolute Gasteiger partial charge is 0.264 e. The van der Waals surface area contributed by atoms with Crippen LogP contribution in [0.3, 0.4) is 0 Å². The number of amides is 1. The molecule has 5 heteroatoms. The molecule has 0 aliphatic carbocycles. The van der Waals surface area contributed by atoms with E-state index in [0.717, 1.165) is 28.5 Å². The first-order valence-electron chi connectivity index (χ1n) is 7.26. The summed E-state index contributed by atoms with van der Waals surface area (Å²) in [5.41, 5.74) is 2.42. The van der Waals surface area contributed by atoms with E-state index >= 15 is 0 Å². The highest BCUT2D eigenvalue weighted by atomic mass is 32.2. The van der Waals surface area contributed by atoms with Gasteiger partial charge in [-0.2, -0.15) is 0 Å². The number of amidine groups is 1. The van der Waals surface area contributed by atoms with Gasteiger partial charge in [0.05, 0.1) is 4.91 Å². The maximum absolute atomic E-state index is 11.8. The molecule has 3 N–H and O–H groups in total. The summed E-state index contributed by atoms with van der Waals surface area (Å²) in [6.07, 6.45) is 1.78. The van der Waals surface area contributed by atoms with Crippen LogP contribution in [0.4, 0.5) is 0 Å². The molecule has 118 valence electrons. The summed E-state index contributed by atoms with van der Waals surface area (Å²) in [5.74, 6) is 0.273. The molecular formula is C17H22N2O2S. The molecule has 1 saturated heterocycles. The first-order chi connectivity index (χ1) is 10.1. The standard InChI is InChI=1S/C17H22N2O2S/c1-9(2)11-6-10(7-12(14(11)20)17(3,4)5)8-13-15(21)19-16(18)22-13/h6-9,20H,1-5H3,(H2,18,19,21)/b13-8-. The van der Waals surface area contributed by atoms with E-state index in [4.69, 9.17) is 5.41 Å². The highest BCUT2D eigenvalue weighted by molar-refractivity contribution is 8.18. The summed E-state index contributed by atoms with van der Waals surface area (Å²) < 4.78 is 0. The van der Waals surface area contributed by atoms with E-state index in [0.29, 0.717) is 10.7 Å². The average Bonchev–Trinajstić information content (AvgIpc) is 2.68. The molecule has 1 aliphatic rings. The highest BCUT2D eigenvalue weighted by Gasteiger charge is 2.25. The quantitative estimate of drug-likeness (QED) is 0.723. The van der Waals surface area contributed by atoms with Crippen LogP contribution in [-0.2, 0) is 10.2 Å². The van der Waals surface area contributed by atoms with Crippen LogP contribution in [0.2, 0.25) is 0 Å². The Labute approximate surface area is 135 Å². The number of aromatic hydroxyl groups is 1. The number of phenolic OH excluding ortho intramolecular Hbond substituents is 1. The zero-order valence-corrected chi connectivity index (χ0v) is 14.4. The molecule has 1 amide bonds. The molecule has 22 heavy (non-hydrogen) atoms. The van der Waals surface area contributed by atoms with E-state index in [-0.39, 0.29) is 22.4 Å². The fraction of sp³-hybridized carbons (Fsp3) is 0.412. The van der Waals surface area contributed by atoms with Crippen LogP contribution in [0.25, 0.3) is 6.08 Å². The minimum Gasteiger partial charge on any atom is -0.507 e. The Morgan fingerprint density at radius 2 is 1.95 bits per heavy atom. The number of benzene rings is 1. The zero-order chi connectivity index (χ0) is 16.7. The lowest BCUT2D eigenvalue weighted by Crippen LogP contribution is -2.18. The van der Waals surface area contributed by atoms with Crippen molar-refractivity contribution in [3.63, 3.8) is 0 Å². The molecule has 0 aromatic heterocycles. The maximum atomic E-state index is 11.8. The average molecular weight is 318 g/mol. The topological polar surface area (TPSA) is 73.2 Å². The first-order valence-corrected chi connectivity index (χ1v) is 8.08. The van der Waals surface area contributed by atoms with Gasteiger partial charge in [0.15, 0.2) is 5.17 Å². The zero-order valence-electron chi connectivity index (χ0n) is 13.6. The Morgan fingerprint density at radius 1 is 1.32 bits per heavy atom. The monoisotopic (exact) mass is 318 g/mol. The van der Waals surface area contributed by atoms with E-state index in [1.54, 1.807) is 6.08 Å². The number of carbonyl (C=O) groups excluding carboxylic acids is 1. The third-order valence-corrected chi connectivity index (χ3v) is 4.38. The van der Waals surface area contributed by atoms with Gasteiger partial charge in [-0.3, -0.25) is 10.2 Å². The predicted octanol–water partition coefficient (Wildman–Crippen LogP) is 3.95. The van der Waals surface area contributed by atoms with Crippen LogP contribution in [-0.4, -0.2) is 16.2 Å². The Morgan fingerprint density at radius 3 is 2.41 bits per heavy atom. The molecule has 0 bridgehead atoms. The molecule has 0 spiro atoms. The molecule has 0 radical (unpaired) electrons. The molecule has 1 heterocycles. The fourth-order valence-electron chi connectivity index (χ4n) is 2.37. The van der Waals surface area contributed by atoms with Crippen LogP contribution in [0.5, 0.6) is 5.75 Å². The number of carbonyl (C=O) groups is 1. The number of hydrogen-bond donors (Lipinski definition) is 3. The summed E-state index contributed by atoms with van der Waals surface area (Å²) in [6.45, 7) is 10.2. The van der Waals surface area contributed by atoms with Crippen molar-refractivity contribution in [1.29, 1.82) is 5.41 Å². The maximum Gasteiger partial charge on any atom is 0.264 e. The van der Waals surface area contributed by atoms with Crippen LogP contribution in [0.15, 0.2) is 17.0 Å². The van der Waals surface area contributed by atoms with Crippen LogP contribution < -0.4 is 5.32 Å². The summed E-state index contributed by atoms with van der Waals surface area (Å²) in [6, 6.07) is 3.84. The second kappa shape index (κ2) is 5.80. The van der Waals surface area contributed by atoms with Crippen LogP contribution in [0, 0.1) is 5.41 Å². The Bertz CT molecular complexity index is 670. The molecule has 1 aliphatic heterocycles. The van der Waals surface area contributed by atoms with Gasteiger partial charge in [0.1, 0.15) is 5.75 Å². The first kappa shape index (κ1) is 16.6. The van der Waals surface area contributed by atoms with Gasteiger partial charge in [0.25, 0.3) is 5.91 Å². The van der Waals surface area contributed by atoms with Crippen LogP contribution >= 0.6 is 11.8 Å². The number of hydrogen-bond acceptors (Lipinski definition) is 4. The third-order valence-electron chi connectivity index (χ3n) is 3.55. The van der Waals surface area contributed by atoms with Gasteiger partial charge >= 0.3 is 0 Å². The van der Waals surface area contributed by atoms with Crippen molar-refractivity contribution < 1.29 is 9.90 Å². The van der Waals surface area contributed by atoms with Crippen LogP contribution in [0.1, 0.15) is 57.2 Å². The van der Waals surface area contributed by atoms with E-state index in [2.05, 4.69) is 26.1 Å². The lowest BCUT2D eigenvalue weighted by molar-refractivity contribution is -0.115. The molecule has 0 saturated carbocycles. The summed E-state index contributed by atoms with van der Waals surface area (Å²) in [7, 11) is 0. The second-order valence-electron chi connectivity index (χ2n) is 6.80. The van der Waals surface area contributed by atoms with Crippen molar-refractivity contribution in [3.8, 4) is 5.75 Å². The largest absolute Gasteiger partial charge is 0.507 e. The number of nitrogens with one attached hydrogen (secondary N) is 2. The number of phenols is 1. The SMILES string of the molecule is CC(C)c1cc(/C=C2\SC(=N)NC2=O)cc(C(C)(C)C)c1O. The summed E-state index contributed by atoms with van der Waals surface area (Å²) in [4.78, 5) is 12.3. The second-order valence-corrected chi connectivity index (χ2v) is 7.86. The number of thioether (sulfide) groups is 1. The molecule has 0 unspecified atom stereocenters. The van der Waals surface area contributed by atoms with Crippen molar-refractivity contribution in [2.24, 2.45) is 0 Å². The summed E-state index contributed by atoms with van der Waals surface area (Å²) >= 11 is 1.12. The molecule has 4 nitrogen and oxygen atoms in total. The normalized spacial score (nSPS) is 17.5. The van der Waals surface area contributed by atoms with Crippen molar-refractivity contribution in [2.45, 2.75) is 46.0 Å². The van der Waals surface area contributed by atoms with Crippen molar-refractivity contribution >= 4 is 28.9 Å². The molecule has 1 aromatic rings. The Hall–Kier alpha value is -1.75. The van der Waals surface area contributed by atoms with Gasteiger partial charge in [-0.25, -0.2) is 0 Å². The third kappa shape index (κ3) is 3.35. The lowest BCUT2D eigenvalue weighted by atomic mass is 9.82. The van der Waals surface area contributed by atoms with E-state index in [9.17, 15) is 9.90 Å². The molecule has 1 fully saturated rings. The minimum atomic E-state index is -0.244. The van der Waals surface area contributed by atoms with Crippen molar-refractivity contribution in [2.75, 3.05) is 0 Å². The molecular weight excluding hydrogens is 296 g/mol. The van der Waals surface area contributed by atoms with E-state index in [1.807, 2.05) is 26.0 Å². The predicted molar refractivity (Wildman–Crippen MR) is 92.3 cm³/mol. The highest BCUT2D eigenvalue weighted by Crippen LogP contribution is 2.38. The van der Waals surface area contributed by atoms with Gasteiger partial charge in [-0.15, -0.1) is 0 Å². The summed E-state index contributed by atoms with van der Waals surface area (Å²) in [5, 5.41) is 20.7. The lowest BCUT2D eigenvalue weighted by Gasteiger charge is -2.24. The van der Waals surface area contributed by atoms with E-state index < -0.39 is 0 Å². The molecule has 2 rings (SSSR count). The van der Waals surface area contributed by atoms with Crippen molar-refractivity contribution in [1.82, 2.24) is 5.32 Å². The van der Waals surface area contributed by atoms with Gasteiger partial charge in [-0.05, 0) is 52.4 Å².